The summed E-state index contributed by atoms with van der Waals surface area (Å²) in [5, 5.41) is 2.79. The monoisotopic (exact) mass is 389 g/mol. The summed E-state index contributed by atoms with van der Waals surface area (Å²) in [5.74, 6) is -0.316. The van der Waals surface area contributed by atoms with Crippen LogP contribution >= 0.6 is 12.4 Å². The van der Waals surface area contributed by atoms with E-state index in [0.717, 1.165) is 11.1 Å². The van der Waals surface area contributed by atoms with Crippen molar-refractivity contribution in [3.05, 3.63) is 65.2 Å². The van der Waals surface area contributed by atoms with Crippen LogP contribution in [0.1, 0.15) is 27.5 Å². The molecule has 6 nitrogen and oxygen atoms in total. The molecule has 0 aromatic heterocycles. The van der Waals surface area contributed by atoms with Gasteiger partial charge in [-0.05, 0) is 36.8 Å². The van der Waals surface area contributed by atoms with Crippen molar-refractivity contribution in [2.75, 3.05) is 31.6 Å². The zero-order valence-electron chi connectivity index (χ0n) is 15.2. The Labute approximate surface area is 165 Å². The molecule has 0 spiro atoms. The second-order valence-corrected chi connectivity index (χ2v) is 6.36. The van der Waals surface area contributed by atoms with Crippen molar-refractivity contribution in [1.82, 2.24) is 4.90 Å². The number of hydrogen-bond acceptors (Lipinski definition) is 4. The van der Waals surface area contributed by atoms with E-state index in [4.69, 9.17) is 10.5 Å². The van der Waals surface area contributed by atoms with Crippen LogP contribution in [0, 0.1) is 6.92 Å². The van der Waals surface area contributed by atoms with E-state index in [1.54, 1.807) is 29.2 Å². The maximum absolute atomic E-state index is 12.4. The summed E-state index contributed by atoms with van der Waals surface area (Å²) in [4.78, 5) is 26.5. The smallest absolute Gasteiger partial charge is 0.254 e. The Morgan fingerprint density at radius 1 is 1.04 bits per heavy atom. The van der Waals surface area contributed by atoms with E-state index in [1.807, 2.05) is 31.2 Å². The number of hydrogen-bond donors (Lipinski definition) is 2. The summed E-state index contributed by atoms with van der Waals surface area (Å²) in [7, 11) is 0. The number of aryl methyl sites for hydroxylation is 1. The van der Waals surface area contributed by atoms with Crippen LogP contribution < -0.4 is 11.1 Å². The molecule has 1 atom stereocenters. The molecule has 1 fully saturated rings. The first-order chi connectivity index (χ1) is 12.5. The van der Waals surface area contributed by atoms with E-state index < -0.39 is 6.04 Å². The van der Waals surface area contributed by atoms with Gasteiger partial charge in [0.15, 0.2) is 0 Å². The normalized spacial score (nSPS) is 14.8. The molecule has 144 valence electrons. The van der Waals surface area contributed by atoms with Crippen molar-refractivity contribution in [1.29, 1.82) is 0 Å². The molecule has 1 aliphatic heterocycles. The van der Waals surface area contributed by atoms with E-state index in [-0.39, 0.29) is 24.2 Å². The number of morpholine rings is 1. The number of carbonyl (C=O) groups excluding carboxylic acids is 2. The summed E-state index contributed by atoms with van der Waals surface area (Å²) in [6, 6.07) is 13.7. The van der Waals surface area contributed by atoms with Gasteiger partial charge in [-0.1, -0.05) is 29.8 Å². The first-order valence-electron chi connectivity index (χ1n) is 8.65. The van der Waals surface area contributed by atoms with E-state index >= 15 is 0 Å². The lowest BCUT2D eigenvalue weighted by molar-refractivity contribution is -0.117. The summed E-state index contributed by atoms with van der Waals surface area (Å²) in [6.07, 6.45) is 0. The Balaban J connectivity index is 0.00000261. The predicted molar refractivity (Wildman–Crippen MR) is 107 cm³/mol. The maximum atomic E-state index is 12.4. The highest BCUT2D eigenvalue weighted by molar-refractivity contribution is 5.97. The molecule has 2 aromatic rings. The van der Waals surface area contributed by atoms with Crippen molar-refractivity contribution in [2.24, 2.45) is 5.73 Å². The van der Waals surface area contributed by atoms with Gasteiger partial charge in [0.1, 0.15) is 6.04 Å². The molecule has 0 bridgehead atoms. The molecule has 0 radical (unpaired) electrons. The number of benzene rings is 2. The molecule has 27 heavy (non-hydrogen) atoms. The lowest BCUT2D eigenvalue weighted by Crippen LogP contribution is -2.40. The summed E-state index contributed by atoms with van der Waals surface area (Å²) >= 11 is 0. The first kappa shape index (κ1) is 20.9. The van der Waals surface area contributed by atoms with Crippen LogP contribution in [0.2, 0.25) is 0 Å². The lowest BCUT2D eigenvalue weighted by Gasteiger charge is -2.26. The van der Waals surface area contributed by atoms with Gasteiger partial charge in [0.2, 0.25) is 5.91 Å². The molecule has 7 heteroatoms. The Hall–Kier alpha value is -2.41. The minimum absolute atomic E-state index is 0. The molecule has 2 aromatic carbocycles. The average Bonchev–Trinajstić information content (AvgIpc) is 2.68. The molecule has 3 rings (SSSR count). The number of nitrogens with one attached hydrogen (secondary N) is 1. The number of carbonyl (C=O) groups is 2. The predicted octanol–water partition coefficient (Wildman–Crippen LogP) is 2.53. The molecule has 0 saturated carbocycles. The highest BCUT2D eigenvalue weighted by atomic mass is 35.5. The van der Waals surface area contributed by atoms with Crippen LogP contribution in [0.25, 0.3) is 0 Å². The number of halogens is 1. The molecule has 3 N–H and O–H groups in total. The second-order valence-electron chi connectivity index (χ2n) is 6.36. The molecular weight excluding hydrogens is 366 g/mol. The fourth-order valence-electron chi connectivity index (χ4n) is 2.79. The van der Waals surface area contributed by atoms with Gasteiger partial charge in [-0.25, -0.2) is 0 Å². The third kappa shape index (κ3) is 5.29. The standard InChI is InChI=1S/C20H23N3O3.ClH/c1-14-2-4-15(5-3-14)18(21)19(24)22-17-8-6-16(7-9-17)20(25)23-10-12-26-13-11-23;/h2-9,18H,10-13,21H2,1H3,(H,22,24);1H. The molecule has 1 heterocycles. The Kier molecular flexibility index (Phi) is 7.36. The van der Waals surface area contributed by atoms with Gasteiger partial charge >= 0.3 is 0 Å². The fraction of sp³-hybridized carbons (Fsp3) is 0.300. The Bertz CT molecular complexity index is 772. The fourth-order valence-corrected chi connectivity index (χ4v) is 2.79. The molecular formula is C20H24ClN3O3. The van der Waals surface area contributed by atoms with E-state index in [1.165, 1.54) is 0 Å². The summed E-state index contributed by atoms with van der Waals surface area (Å²) in [6.45, 7) is 4.31. The minimum atomic E-state index is -0.745. The Morgan fingerprint density at radius 2 is 1.63 bits per heavy atom. The summed E-state index contributed by atoms with van der Waals surface area (Å²) < 4.78 is 5.26. The number of amides is 2. The zero-order chi connectivity index (χ0) is 18.5. The van der Waals surface area contributed by atoms with Crippen LogP contribution in [0.5, 0.6) is 0 Å². The van der Waals surface area contributed by atoms with Gasteiger partial charge in [-0.2, -0.15) is 0 Å². The third-order valence-electron chi connectivity index (χ3n) is 4.42. The van der Waals surface area contributed by atoms with Crippen LogP contribution in [0.15, 0.2) is 48.5 Å². The van der Waals surface area contributed by atoms with Gasteiger partial charge in [0.05, 0.1) is 13.2 Å². The van der Waals surface area contributed by atoms with E-state index in [0.29, 0.717) is 37.6 Å². The Morgan fingerprint density at radius 3 is 2.22 bits per heavy atom. The molecule has 0 aliphatic carbocycles. The molecule has 1 aliphatic rings. The highest BCUT2D eigenvalue weighted by Crippen LogP contribution is 2.16. The van der Waals surface area contributed by atoms with Crippen molar-refractivity contribution < 1.29 is 14.3 Å². The lowest BCUT2D eigenvalue weighted by atomic mass is 10.1. The van der Waals surface area contributed by atoms with E-state index in [2.05, 4.69) is 5.32 Å². The number of nitrogens with two attached hydrogens (primary N) is 1. The zero-order valence-corrected chi connectivity index (χ0v) is 16.0. The van der Waals surface area contributed by atoms with Crippen molar-refractivity contribution >= 4 is 29.9 Å². The van der Waals surface area contributed by atoms with Crippen LogP contribution in [-0.4, -0.2) is 43.0 Å². The van der Waals surface area contributed by atoms with Crippen LogP contribution in [-0.2, 0) is 9.53 Å². The molecule has 1 unspecified atom stereocenters. The average molecular weight is 390 g/mol. The van der Waals surface area contributed by atoms with E-state index in [9.17, 15) is 9.59 Å². The number of rotatable bonds is 4. The highest BCUT2D eigenvalue weighted by Gasteiger charge is 2.19. The minimum Gasteiger partial charge on any atom is -0.378 e. The van der Waals surface area contributed by atoms with Crippen LogP contribution in [0.4, 0.5) is 5.69 Å². The maximum Gasteiger partial charge on any atom is 0.254 e. The van der Waals surface area contributed by atoms with Gasteiger partial charge in [0.25, 0.3) is 5.91 Å². The van der Waals surface area contributed by atoms with Crippen molar-refractivity contribution in [2.45, 2.75) is 13.0 Å². The first-order valence-corrected chi connectivity index (χ1v) is 8.65. The second kappa shape index (κ2) is 9.50. The summed E-state index contributed by atoms with van der Waals surface area (Å²) in [5.41, 5.74) is 9.09. The SMILES string of the molecule is Cc1ccc(C(N)C(=O)Nc2ccc(C(=O)N3CCOCC3)cc2)cc1.Cl. The van der Waals surface area contributed by atoms with Crippen molar-refractivity contribution in [3.63, 3.8) is 0 Å². The van der Waals surface area contributed by atoms with Crippen molar-refractivity contribution in [3.8, 4) is 0 Å². The van der Waals surface area contributed by atoms with Gasteiger partial charge in [-0.15, -0.1) is 12.4 Å². The van der Waals surface area contributed by atoms with Crippen LogP contribution in [0.3, 0.4) is 0 Å². The molecule has 2 amide bonds. The van der Waals surface area contributed by atoms with Gasteiger partial charge in [-0.3, -0.25) is 9.59 Å². The number of anilines is 1. The van der Waals surface area contributed by atoms with Gasteiger partial charge < -0.3 is 20.7 Å². The quantitative estimate of drug-likeness (QED) is 0.841. The van der Waals surface area contributed by atoms with Gasteiger partial charge in [0, 0.05) is 24.3 Å². The largest absolute Gasteiger partial charge is 0.378 e. The number of ether oxygens (including phenoxy) is 1. The number of nitrogens with zero attached hydrogens (tertiary/aromatic N) is 1. The molecule has 1 saturated heterocycles. The third-order valence-corrected chi connectivity index (χ3v) is 4.42. The topological polar surface area (TPSA) is 84.7 Å².